The van der Waals surface area contributed by atoms with Gasteiger partial charge in [-0.15, -0.1) is 0 Å². The number of hydrogen-bond donors (Lipinski definition) is 3. The molecule has 1 aromatic carbocycles. The number of piperidine rings is 1. The summed E-state index contributed by atoms with van der Waals surface area (Å²) in [5.41, 5.74) is 8.98. The summed E-state index contributed by atoms with van der Waals surface area (Å²) in [4.78, 5) is 11.3. The molecule has 8 nitrogen and oxygen atoms in total. The second kappa shape index (κ2) is 9.42. The van der Waals surface area contributed by atoms with E-state index in [0.29, 0.717) is 11.9 Å². The Morgan fingerprint density at radius 3 is 2.83 bits per heavy atom. The van der Waals surface area contributed by atoms with Crippen LogP contribution in [0.3, 0.4) is 0 Å². The van der Waals surface area contributed by atoms with Crippen LogP contribution in [0.5, 0.6) is 5.75 Å². The number of aromatic hydroxyl groups is 1. The number of nitrogens with two attached hydrogens (primary N) is 1. The third-order valence-electron chi connectivity index (χ3n) is 5.83. The van der Waals surface area contributed by atoms with E-state index in [1.807, 2.05) is 12.1 Å². The predicted octanol–water partition coefficient (Wildman–Crippen LogP) is 2.26. The van der Waals surface area contributed by atoms with Crippen LogP contribution in [-0.2, 0) is 4.74 Å². The minimum absolute atomic E-state index is 0.233. The third-order valence-corrected chi connectivity index (χ3v) is 5.83. The first-order chi connectivity index (χ1) is 14.7. The van der Waals surface area contributed by atoms with Gasteiger partial charge in [0.25, 0.3) is 0 Å². The highest BCUT2D eigenvalue weighted by atomic mass is 16.5. The number of likely N-dealkylation sites (tertiary alicyclic amines) is 1. The largest absolute Gasteiger partial charge is 0.508 e. The fraction of sp³-hybridized carbons (Fsp3) is 0.455. The molecular formula is C22H30N6O2. The SMILES string of the molecule is COCCNCCN1CCC(n2cc(-c3cccc(O)c3)c3c(N)ncnc32)CC1. The van der Waals surface area contributed by atoms with E-state index in [1.165, 1.54) is 6.33 Å². The Morgan fingerprint density at radius 2 is 2.07 bits per heavy atom. The van der Waals surface area contributed by atoms with Gasteiger partial charge in [0.1, 0.15) is 23.5 Å². The maximum Gasteiger partial charge on any atom is 0.146 e. The van der Waals surface area contributed by atoms with Crippen molar-refractivity contribution in [3.8, 4) is 16.9 Å². The highest BCUT2D eigenvalue weighted by Crippen LogP contribution is 2.37. The molecule has 0 amide bonds. The Labute approximate surface area is 176 Å². The Bertz CT molecular complexity index is 981. The second-order valence-electron chi connectivity index (χ2n) is 7.77. The molecule has 160 valence electrons. The van der Waals surface area contributed by atoms with E-state index >= 15 is 0 Å². The number of nitrogens with zero attached hydrogens (tertiary/aromatic N) is 4. The van der Waals surface area contributed by atoms with Crippen molar-refractivity contribution in [2.24, 2.45) is 0 Å². The summed E-state index contributed by atoms with van der Waals surface area (Å²) >= 11 is 0. The summed E-state index contributed by atoms with van der Waals surface area (Å²) in [5, 5.41) is 14.2. The Hall–Kier alpha value is -2.68. The lowest BCUT2D eigenvalue weighted by Gasteiger charge is -2.33. The van der Waals surface area contributed by atoms with Crippen molar-refractivity contribution >= 4 is 16.9 Å². The molecule has 3 aromatic rings. The lowest BCUT2D eigenvalue weighted by Crippen LogP contribution is -2.39. The molecule has 0 spiro atoms. The van der Waals surface area contributed by atoms with Gasteiger partial charge in [-0.25, -0.2) is 9.97 Å². The third kappa shape index (κ3) is 4.40. The maximum atomic E-state index is 9.93. The van der Waals surface area contributed by atoms with Crippen molar-refractivity contribution in [2.75, 3.05) is 52.2 Å². The van der Waals surface area contributed by atoms with Gasteiger partial charge in [0, 0.05) is 57.6 Å². The van der Waals surface area contributed by atoms with Crippen LogP contribution in [0.2, 0.25) is 0 Å². The molecule has 4 rings (SSSR count). The van der Waals surface area contributed by atoms with Crippen molar-refractivity contribution in [2.45, 2.75) is 18.9 Å². The number of aromatic nitrogens is 3. The van der Waals surface area contributed by atoms with Gasteiger partial charge in [-0.3, -0.25) is 0 Å². The summed E-state index contributed by atoms with van der Waals surface area (Å²) in [6.45, 7) is 5.77. The van der Waals surface area contributed by atoms with Gasteiger partial charge >= 0.3 is 0 Å². The van der Waals surface area contributed by atoms with Crippen molar-refractivity contribution < 1.29 is 9.84 Å². The molecule has 0 bridgehead atoms. The fourth-order valence-electron chi connectivity index (χ4n) is 4.24. The number of rotatable bonds is 8. The number of hydrogen-bond acceptors (Lipinski definition) is 7. The van der Waals surface area contributed by atoms with Gasteiger partial charge in [-0.05, 0) is 30.5 Å². The molecule has 1 aliphatic rings. The molecule has 2 aromatic heterocycles. The van der Waals surface area contributed by atoms with Crippen LogP contribution >= 0.6 is 0 Å². The van der Waals surface area contributed by atoms with Crippen LogP contribution in [0.4, 0.5) is 5.82 Å². The van der Waals surface area contributed by atoms with E-state index in [0.717, 1.165) is 74.3 Å². The lowest BCUT2D eigenvalue weighted by molar-refractivity contribution is 0.180. The average molecular weight is 411 g/mol. The first-order valence-corrected chi connectivity index (χ1v) is 10.5. The van der Waals surface area contributed by atoms with Crippen LogP contribution in [0, 0.1) is 0 Å². The normalized spacial score (nSPS) is 15.8. The van der Waals surface area contributed by atoms with Crippen molar-refractivity contribution in [1.82, 2.24) is 24.8 Å². The molecule has 0 saturated carbocycles. The Balaban J connectivity index is 1.51. The Kier molecular flexibility index (Phi) is 6.47. The monoisotopic (exact) mass is 410 g/mol. The van der Waals surface area contributed by atoms with Gasteiger partial charge in [0.15, 0.2) is 0 Å². The average Bonchev–Trinajstić information content (AvgIpc) is 3.15. The number of phenols is 1. The van der Waals surface area contributed by atoms with Crippen molar-refractivity contribution in [3.63, 3.8) is 0 Å². The topological polar surface area (TPSA) is 101 Å². The highest BCUT2D eigenvalue weighted by Gasteiger charge is 2.24. The molecule has 3 heterocycles. The molecule has 0 atom stereocenters. The molecular weight excluding hydrogens is 380 g/mol. The van der Waals surface area contributed by atoms with Crippen LogP contribution in [0.15, 0.2) is 36.8 Å². The smallest absolute Gasteiger partial charge is 0.146 e. The van der Waals surface area contributed by atoms with Gasteiger partial charge in [-0.2, -0.15) is 0 Å². The Morgan fingerprint density at radius 1 is 1.23 bits per heavy atom. The van der Waals surface area contributed by atoms with Gasteiger partial charge in [0.2, 0.25) is 0 Å². The highest BCUT2D eigenvalue weighted by molar-refractivity contribution is 6.00. The number of ether oxygens (including phenoxy) is 1. The molecule has 1 fully saturated rings. The summed E-state index contributed by atoms with van der Waals surface area (Å²) in [7, 11) is 1.72. The first-order valence-electron chi connectivity index (χ1n) is 10.5. The second-order valence-corrected chi connectivity index (χ2v) is 7.77. The zero-order chi connectivity index (χ0) is 20.9. The van der Waals surface area contributed by atoms with Crippen LogP contribution in [0.1, 0.15) is 18.9 Å². The van der Waals surface area contributed by atoms with Crippen LogP contribution in [-0.4, -0.2) is 71.0 Å². The van der Waals surface area contributed by atoms with E-state index in [-0.39, 0.29) is 5.75 Å². The van der Waals surface area contributed by atoms with E-state index in [4.69, 9.17) is 10.5 Å². The molecule has 30 heavy (non-hydrogen) atoms. The number of nitrogens with one attached hydrogen (secondary N) is 1. The van der Waals surface area contributed by atoms with Crippen molar-refractivity contribution in [3.05, 3.63) is 36.8 Å². The number of benzene rings is 1. The van der Waals surface area contributed by atoms with Crippen LogP contribution < -0.4 is 11.1 Å². The zero-order valence-electron chi connectivity index (χ0n) is 17.4. The lowest BCUT2D eigenvalue weighted by atomic mass is 10.0. The molecule has 0 unspecified atom stereocenters. The van der Waals surface area contributed by atoms with E-state index in [9.17, 15) is 5.11 Å². The van der Waals surface area contributed by atoms with Gasteiger partial charge in [0.05, 0.1) is 12.0 Å². The number of phenolic OH excluding ortho intramolecular Hbond substituents is 1. The summed E-state index contributed by atoms with van der Waals surface area (Å²) < 4.78 is 7.32. The number of anilines is 1. The molecule has 0 radical (unpaired) electrons. The van der Waals surface area contributed by atoms with Crippen molar-refractivity contribution in [1.29, 1.82) is 0 Å². The minimum atomic E-state index is 0.233. The summed E-state index contributed by atoms with van der Waals surface area (Å²) in [6.07, 6.45) is 5.77. The first kappa shape index (κ1) is 20.6. The zero-order valence-corrected chi connectivity index (χ0v) is 17.4. The molecule has 0 aliphatic carbocycles. The fourth-order valence-corrected chi connectivity index (χ4v) is 4.24. The quantitative estimate of drug-likeness (QED) is 0.490. The van der Waals surface area contributed by atoms with Crippen LogP contribution in [0.25, 0.3) is 22.2 Å². The number of nitrogen functional groups attached to an aromatic ring is 1. The van der Waals surface area contributed by atoms with E-state index in [2.05, 4.69) is 30.9 Å². The standard InChI is InChI=1S/C22H30N6O2/c1-30-12-8-24-7-11-27-9-5-17(6-10-27)28-14-19(16-3-2-4-18(29)13-16)20-21(23)25-15-26-22(20)28/h2-4,13-15,17,24,29H,5-12H2,1H3,(H2,23,25,26). The predicted molar refractivity (Wildman–Crippen MR) is 118 cm³/mol. The summed E-state index contributed by atoms with van der Waals surface area (Å²) in [6, 6.07) is 7.61. The summed E-state index contributed by atoms with van der Waals surface area (Å²) in [5.74, 6) is 0.702. The number of fused-ring (bicyclic) bond motifs is 1. The minimum Gasteiger partial charge on any atom is -0.508 e. The van der Waals surface area contributed by atoms with Gasteiger partial charge in [-0.1, -0.05) is 12.1 Å². The number of methoxy groups -OCH3 is 1. The maximum absolute atomic E-state index is 9.93. The molecule has 8 heteroatoms. The molecule has 1 aliphatic heterocycles. The molecule has 1 saturated heterocycles. The molecule has 4 N–H and O–H groups in total. The van der Waals surface area contributed by atoms with E-state index in [1.54, 1.807) is 19.2 Å². The van der Waals surface area contributed by atoms with Gasteiger partial charge < -0.3 is 30.4 Å². The van der Waals surface area contributed by atoms with E-state index < -0.39 is 0 Å².